The van der Waals surface area contributed by atoms with Crippen LogP contribution in [-0.2, 0) is 0 Å². The Morgan fingerprint density at radius 3 is 2.90 bits per heavy atom. The Hall–Kier alpha value is -1.77. The van der Waals surface area contributed by atoms with Crippen LogP contribution in [0.25, 0.3) is 0 Å². The fourth-order valence-corrected chi connectivity index (χ4v) is 3.02. The van der Waals surface area contributed by atoms with Crippen molar-refractivity contribution in [1.29, 1.82) is 0 Å². The highest BCUT2D eigenvalue weighted by Crippen LogP contribution is 2.28. The van der Waals surface area contributed by atoms with Crippen molar-refractivity contribution in [3.63, 3.8) is 0 Å². The Kier molecular flexibility index (Phi) is 4.83. The summed E-state index contributed by atoms with van der Waals surface area (Å²) in [5.41, 5.74) is 3.21. The second-order valence-electron chi connectivity index (χ2n) is 5.84. The molecule has 0 aliphatic heterocycles. The second-order valence-corrected chi connectivity index (χ2v) is 5.84. The number of anilines is 1. The van der Waals surface area contributed by atoms with Gasteiger partial charge < -0.3 is 10.6 Å². The van der Waals surface area contributed by atoms with Crippen LogP contribution < -0.4 is 10.6 Å². The molecule has 1 aromatic carbocycles. The van der Waals surface area contributed by atoms with E-state index in [0.29, 0.717) is 17.4 Å². The van der Waals surface area contributed by atoms with E-state index in [1.54, 1.807) is 7.05 Å². The van der Waals surface area contributed by atoms with Gasteiger partial charge in [0.25, 0.3) is 5.91 Å². The smallest absolute Gasteiger partial charge is 0.251 e. The Labute approximate surface area is 121 Å². The molecule has 20 heavy (non-hydrogen) atoms. The van der Waals surface area contributed by atoms with Crippen LogP contribution in [0.1, 0.15) is 37.0 Å². The molecule has 2 atom stereocenters. The summed E-state index contributed by atoms with van der Waals surface area (Å²) in [4.78, 5) is 11.6. The lowest BCUT2D eigenvalue weighted by Gasteiger charge is -2.26. The first kappa shape index (κ1) is 14.6. The molecular formula is C17H24N2O. The van der Waals surface area contributed by atoms with Gasteiger partial charge in [-0.05, 0) is 49.8 Å². The first-order valence-electron chi connectivity index (χ1n) is 7.31. The van der Waals surface area contributed by atoms with Crippen LogP contribution in [0.4, 0.5) is 5.69 Å². The summed E-state index contributed by atoms with van der Waals surface area (Å²) >= 11 is 0. The van der Waals surface area contributed by atoms with Gasteiger partial charge in [0.05, 0.1) is 0 Å². The van der Waals surface area contributed by atoms with Gasteiger partial charge in [-0.15, -0.1) is 0 Å². The molecule has 3 heteroatoms. The van der Waals surface area contributed by atoms with Crippen molar-refractivity contribution in [3.05, 3.63) is 41.5 Å². The minimum atomic E-state index is -0.0429. The molecule has 1 amide bonds. The number of hydrogen-bond donors (Lipinski definition) is 2. The molecule has 0 saturated heterocycles. The molecule has 0 radical (unpaired) electrons. The maximum Gasteiger partial charge on any atom is 0.251 e. The van der Waals surface area contributed by atoms with E-state index in [1.807, 2.05) is 24.3 Å². The zero-order chi connectivity index (χ0) is 14.5. The number of amides is 1. The number of hydrogen-bond acceptors (Lipinski definition) is 2. The summed E-state index contributed by atoms with van der Waals surface area (Å²) in [6.07, 6.45) is 4.79. The van der Waals surface area contributed by atoms with Crippen molar-refractivity contribution in [2.45, 2.75) is 26.7 Å². The van der Waals surface area contributed by atoms with Crippen LogP contribution in [-0.4, -0.2) is 19.5 Å². The highest BCUT2D eigenvalue weighted by atomic mass is 16.1. The van der Waals surface area contributed by atoms with Crippen LogP contribution in [0.5, 0.6) is 0 Å². The van der Waals surface area contributed by atoms with Gasteiger partial charge in [-0.25, -0.2) is 0 Å². The van der Waals surface area contributed by atoms with Gasteiger partial charge in [0.15, 0.2) is 0 Å². The van der Waals surface area contributed by atoms with Gasteiger partial charge in [0.1, 0.15) is 0 Å². The molecule has 0 saturated carbocycles. The molecule has 1 aliphatic rings. The Balaban J connectivity index is 1.94. The molecular weight excluding hydrogens is 248 g/mol. The van der Waals surface area contributed by atoms with Crippen LogP contribution in [0, 0.1) is 11.8 Å². The molecule has 0 heterocycles. The number of benzene rings is 1. The Bertz CT molecular complexity index is 507. The maximum absolute atomic E-state index is 11.6. The number of allylic oxidation sites excluding steroid dienone is 2. The van der Waals surface area contributed by atoms with E-state index in [9.17, 15) is 4.79 Å². The molecule has 1 aromatic rings. The number of carbonyl (C=O) groups excluding carboxylic acids is 1. The zero-order valence-electron chi connectivity index (χ0n) is 12.6. The molecule has 0 bridgehead atoms. The normalized spacial score (nSPS) is 22.1. The lowest BCUT2D eigenvalue weighted by atomic mass is 9.84. The van der Waals surface area contributed by atoms with E-state index >= 15 is 0 Å². The van der Waals surface area contributed by atoms with Crippen molar-refractivity contribution in [3.8, 4) is 0 Å². The molecule has 108 valence electrons. The molecule has 0 fully saturated rings. The van der Waals surface area contributed by atoms with E-state index < -0.39 is 0 Å². The van der Waals surface area contributed by atoms with Gasteiger partial charge in [-0.2, -0.15) is 0 Å². The summed E-state index contributed by atoms with van der Waals surface area (Å²) < 4.78 is 0. The van der Waals surface area contributed by atoms with Gasteiger partial charge in [-0.1, -0.05) is 24.6 Å². The van der Waals surface area contributed by atoms with E-state index in [-0.39, 0.29) is 5.91 Å². The molecule has 0 aromatic heterocycles. The molecule has 2 N–H and O–H groups in total. The summed E-state index contributed by atoms with van der Waals surface area (Å²) in [5.74, 6) is 1.31. The summed E-state index contributed by atoms with van der Waals surface area (Å²) in [6, 6.07) is 7.68. The quantitative estimate of drug-likeness (QED) is 0.824. The molecule has 2 rings (SSSR count). The van der Waals surface area contributed by atoms with Crippen LogP contribution >= 0.6 is 0 Å². The number of nitrogens with one attached hydrogen (secondary N) is 2. The first-order valence-corrected chi connectivity index (χ1v) is 7.31. The van der Waals surface area contributed by atoms with Crippen LogP contribution in [0.15, 0.2) is 35.9 Å². The number of rotatable bonds is 4. The van der Waals surface area contributed by atoms with Crippen molar-refractivity contribution in [1.82, 2.24) is 5.32 Å². The SMILES string of the molecule is CNC(=O)c1cccc(NCC2CC(C)=CC(C)C2)c1. The lowest BCUT2D eigenvalue weighted by Crippen LogP contribution is -2.21. The van der Waals surface area contributed by atoms with E-state index in [1.165, 1.54) is 18.4 Å². The zero-order valence-corrected chi connectivity index (χ0v) is 12.6. The summed E-state index contributed by atoms with van der Waals surface area (Å²) in [7, 11) is 1.65. The third kappa shape index (κ3) is 3.86. The highest BCUT2D eigenvalue weighted by Gasteiger charge is 2.17. The van der Waals surface area contributed by atoms with Gasteiger partial charge in [0.2, 0.25) is 0 Å². The summed E-state index contributed by atoms with van der Waals surface area (Å²) in [6.45, 7) is 5.46. The third-order valence-corrected chi connectivity index (χ3v) is 3.83. The highest BCUT2D eigenvalue weighted by molar-refractivity contribution is 5.94. The standard InChI is InChI=1S/C17H24N2O/c1-12-7-13(2)9-14(8-12)11-19-16-6-4-5-15(10-16)17(20)18-3/h4-7,10,12,14,19H,8-9,11H2,1-3H3,(H,18,20). The molecule has 2 unspecified atom stereocenters. The fourth-order valence-electron chi connectivity index (χ4n) is 3.02. The lowest BCUT2D eigenvalue weighted by molar-refractivity contribution is 0.0963. The maximum atomic E-state index is 11.6. The summed E-state index contributed by atoms with van der Waals surface area (Å²) in [5, 5.41) is 6.12. The average molecular weight is 272 g/mol. The van der Waals surface area contributed by atoms with Crippen molar-refractivity contribution in [2.75, 3.05) is 18.9 Å². The van der Waals surface area contributed by atoms with E-state index in [2.05, 4.69) is 30.6 Å². The third-order valence-electron chi connectivity index (χ3n) is 3.83. The fraction of sp³-hybridized carbons (Fsp3) is 0.471. The number of carbonyl (C=O) groups is 1. The van der Waals surface area contributed by atoms with Crippen LogP contribution in [0.3, 0.4) is 0 Å². The predicted molar refractivity (Wildman–Crippen MR) is 84.0 cm³/mol. The topological polar surface area (TPSA) is 41.1 Å². The minimum absolute atomic E-state index is 0.0429. The Morgan fingerprint density at radius 1 is 1.40 bits per heavy atom. The Morgan fingerprint density at radius 2 is 2.20 bits per heavy atom. The largest absolute Gasteiger partial charge is 0.385 e. The molecule has 0 spiro atoms. The van der Waals surface area contributed by atoms with Crippen molar-refractivity contribution in [2.24, 2.45) is 11.8 Å². The second kappa shape index (κ2) is 6.60. The molecule has 3 nitrogen and oxygen atoms in total. The van der Waals surface area contributed by atoms with E-state index in [0.717, 1.165) is 12.2 Å². The van der Waals surface area contributed by atoms with Crippen LogP contribution in [0.2, 0.25) is 0 Å². The van der Waals surface area contributed by atoms with Crippen molar-refractivity contribution >= 4 is 11.6 Å². The van der Waals surface area contributed by atoms with Gasteiger partial charge in [0, 0.05) is 24.8 Å². The van der Waals surface area contributed by atoms with Crippen molar-refractivity contribution < 1.29 is 4.79 Å². The predicted octanol–water partition coefficient (Wildman–Crippen LogP) is 3.45. The molecule has 1 aliphatic carbocycles. The monoisotopic (exact) mass is 272 g/mol. The minimum Gasteiger partial charge on any atom is -0.385 e. The van der Waals surface area contributed by atoms with Gasteiger partial charge >= 0.3 is 0 Å². The first-order chi connectivity index (χ1) is 9.58. The van der Waals surface area contributed by atoms with Gasteiger partial charge in [-0.3, -0.25) is 4.79 Å². The average Bonchev–Trinajstić information content (AvgIpc) is 2.43. The van der Waals surface area contributed by atoms with E-state index in [4.69, 9.17) is 0 Å².